The molecular formula is C14H17N3O2. The molecule has 0 N–H and O–H groups in total. The van der Waals surface area contributed by atoms with Gasteiger partial charge in [0, 0.05) is 12.6 Å². The Kier molecular flexibility index (Phi) is 3.64. The summed E-state index contributed by atoms with van der Waals surface area (Å²) >= 11 is 0. The Morgan fingerprint density at radius 3 is 2.74 bits per heavy atom. The molecule has 5 nitrogen and oxygen atoms in total. The average molecular weight is 259 g/mol. The standard InChI is InChI=1S/C14H17N3O2/c1-5-19-14(18)12-15-13(17(4)16-12)11-7-6-9(2)8-10(11)3/h6-8H,5H2,1-4H3. The molecule has 1 heterocycles. The van der Waals surface area contributed by atoms with Crippen LogP contribution >= 0.6 is 0 Å². The molecule has 2 aromatic rings. The molecule has 0 bridgehead atoms. The summed E-state index contributed by atoms with van der Waals surface area (Å²) in [6.07, 6.45) is 0. The van der Waals surface area contributed by atoms with E-state index in [4.69, 9.17) is 4.74 Å². The van der Waals surface area contributed by atoms with Crippen LogP contribution in [0.2, 0.25) is 0 Å². The Balaban J connectivity index is 2.43. The monoisotopic (exact) mass is 259 g/mol. The van der Waals surface area contributed by atoms with Gasteiger partial charge in [-0.15, -0.1) is 5.10 Å². The van der Waals surface area contributed by atoms with Gasteiger partial charge in [0.05, 0.1) is 6.61 Å². The van der Waals surface area contributed by atoms with Gasteiger partial charge in [0.25, 0.3) is 5.82 Å². The van der Waals surface area contributed by atoms with Crippen LogP contribution in [0, 0.1) is 13.8 Å². The van der Waals surface area contributed by atoms with Crippen molar-refractivity contribution in [2.24, 2.45) is 7.05 Å². The number of benzene rings is 1. The third kappa shape index (κ3) is 2.65. The van der Waals surface area contributed by atoms with Crippen LogP contribution in [-0.2, 0) is 11.8 Å². The highest BCUT2D eigenvalue weighted by molar-refractivity contribution is 5.85. The third-order valence-electron chi connectivity index (χ3n) is 2.84. The SMILES string of the molecule is CCOC(=O)c1nc(-c2ccc(C)cc2C)n(C)n1. The summed E-state index contributed by atoms with van der Waals surface area (Å²) in [6, 6.07) is 6.08. The molecule has 0 aliphatic carbocycles. The highest BCUT2D eigenvalue weighted by Gasteiger charge is 2.17. The van der Waals surface area contributed by atoms with Gasteiger partial charge >= 0.3 is 5.97 Å². The lowest BCUT2D eigenvalue weighted by Crippen LogP contribution is -2.07. The van der Waals surface area contributed by atoms with E-state index in [9.17, 15) is 4.79 Å². The maximum absolute atomic E-state index is 11.6. The fourth-order valence-electron chi connectivity index (χ4n) is 1.97. The van der Waals surface area contributed by atoms with E-state index in [1.807, 2.05) is 26.0 Å². The van der Waals surface area contributed by atoms with Crippen LogP contribution in [0.1, 0.15) is 28.7 Å². The molecule has 19 heavy (non-hydrogen) atoms. The van der Waals surface area contributed by atoms with Crippen molar-refractivity contribution in [2.45, 2.75) is 20.8 Å². The number of ether oxygens (including phenoxy) is 1. The smallest absolute Gasteiger partial charge is 0.378 e. The number of carbonyl (C=O) groups is 1. The van der Waals surface area contributed by atoms with Gasteiger partial charge in [-0.25, -0.2) is 14.5 Å². The van der Waals surface area contributed by atoms with Crippen LogP contribution in [-0.4, -0.2) is 27.3 Å². The number of aryl methyl sites for hydroxylation is 3. The number of rotatable bonds is 3. The van der Waals surface area contributed by atoms with E-state index in [1.54, 1.807) is 18.7 Å². The maximum Gasteiger partial charge on any atom is 0.378 e. The molecule has 0 aliphatic heterocycles. The van der Waals surface area contributed by atoms with E-state index in [2.05, 4.69) is 16.1 Å². The van der Waals surface area contributed by atoms with Gasteiger partial charge in [-0.05, 0) is 26.3 Å². The van der Waals surface area contributed by atoms with Crippen LogP contribution in [0.25, 0.3) is 11.4 Å². The maximum atomic E-state index is 11.6. The molecular weight excluding hydrogens is 242 g/mol. The average Bonchev–Trinajstić information content (AvgIpc) is 2.72. The zero-order valence-corrected chi connectivity index (χ0v) is 11.6. The highest BCUT2D eigenvalue weighted by atomic mass is 16.5. The summed E-state index contributed by atoms with van der Waals surface area (Å²) < 4.78 is 6.51. The minimum atomic E-state index is -0.492. The van der Waals surface area contributed by atoms with Gasteiger partial charge in [-0.1, -0.05) is 23.8 Å². The molecule has 100 valence electrons. The van der Waals surface area contributed by atoms with Crippen molar-refractivity contribution in [3.8, 4) is 11.4 Å². The van der Waals surface area contributed by atoms with Crippen molar-refractivity contribution < 1.29 is 9.53 Å². The van der Waals surface area contributed by atoms with Crippen molar-refractivity contribution >= 4 is 5.97 Å². The molecule has 0 saturated heterocycles. The van der Waals surface area contributed by atoms with E-state index < -0.39 is 5.97 Å². The topological polar surface area (TPSA) is 57.0 Å². The molecule has 0 saturated carbocycles. The summed E-state index contributed by atoms with van der Waals surface area (Å²) in [7, 11) is 1.77. The van der Waals surface area contributed by atoms with Gasteiger partial charge in [-0.2, -0.15) is 0 Å². The van der Waals surface area contributed by atoms with Gasteiger partial charge < -0.3 is 4.74 Å². The van der Waals surface area contributed by atoms with Crippen molar-refractivity contribution in [1.82, 2.24) is 14.8 Å². The molecule has 5 heteroatoms. The zero-order chi connectivity index (χ0) is 14.0. The molecule has 0 amide bonds. The molecule has 0 fully saturated rings. The molecule has 0 aliphatic rings. The van der Waals surface area contributed by atoms with Crippen LogP contribution in [0.5, 0.6) is 0 Å². The first-order valence-electron chi connectivity index (χ1n) is 6.18. The molecule has 1 aromatic heterocycles. The summed E-state index contributed by atoms with van der Waals surface area (Å²) in [5.74, 6) is 0.272. The van der Waals surface area contributed by atoms with Gasteiger partial charge in [0.15, 0.2) is 5.82 Å². The first-order chi connectivity index (χ1) is 9.02. The number of aromatic nitrogens is 3. The minimum Gasteiger partial charge on any atom is -0.460 e. The molecule has 0 radical (unpaired) electrons. The number of hydrogen-bond donors (Lipinski definition) is 0. The van der Waals surface area contributed by atoms with Crippen LogP contribution < -0.4 is 0 Å². The van der Waals surface area contributed by atoms with E-state index in [1.165, 1.54) is 5.56 Å². The Labute approximate surface area is 112 Å². The number of esters is 1. The van der Waals surface area contributed by atoms with Crippen molar-refractivity contribution in [1.29, 1.82) is 0 Å². The normalized spacial score (nSPS) is 10.5. The molecule has 2 rings (SSSR count). The van der Waals surface area contributed by atoms with Crippen LogP contribution in [0.4, 0.5) is 0 Å². The number of carbonyl (C=O) groups excluding carboxylic acids is 1. The molecule has 0 unspecified atom stereocenters. The first-order valence-corrected chi connectivity index (χ1v) is 6.18. The summed E-state index contributed by atoms with van der Waals surface area (Å²) in [5, 5.41) is 4.10. The van der Waals surface area contributed by atoms with E-state index in [-0.39, 0.29) is 5.82 Å². The predicted octanol–water partition coefficient (Wildman–Crippen LogP) is 2.28. The lowest BCUT2D eigenvalue weighted by Gasteiger charge is -2.05. The Bertz CT molecular complexity index is 617. The highest BCUT2D eigenvalue weighted by Crippen LogP contribution is 2.22. The lowest BCUT2D eigenvalue weighted by atomic mass is 10.1. The van der Waals surface area contributed by atoms with Crippen LogP contribution in [0.3, 0.4) is 0 Å². The Morgan fingerprint density at radius 1 is 1.37 bits per heavy atom. The second-order valence-corrected chi connectivity index (χ2v) is 4.42. The summed E-state index contributed by atoms with van der Waals surface area (Å²) in [4.78, 5) is 15.9. The number of nitrogens with zero attached hydrogens (tertiary/aromatic N) is 3. The molecule has 1 aromatic carbocycles. The van der Waals surface area contributed by atoms with Crippen molar-refractivity contribution in [3.63, 3.8) is 0 Å². The van der Waals surface area contributed by atoms with Crippen molar-refractivity contribution in [3.05, 3.63) is 35.2 Å². The fourth-order valence-corrected chi connectivity index (χ4v) is 1.97. The quantitative estimate of drug-likeness (QED) is 0.793. The third-order valence-corrected chi connectivity index (χ3v) is 2.84. The van der Waals surface area contributed by atoms with E-state index in [0.29, 0.717) is 12.4 Å². The predicted molar refractivity (Wildman–Crippen MR) is 71.9 cm³/mol. The second kappa shape index (κ2) is 5.22. The van der Waals surface area contributed by atoms with Crippen molar-refractivity contribution in [2.75, 3.05) is 6.61 Å². The van der Waals surface area contributed by atoms with Gasteiger partial charge in [-0.3, -0.25) is 0 Å². The molecule has 0 spiro atoms. The first kappa shape index (κ1) is 13.3. The van der Waals surface area contributed by atoms with Crippen LogP contribution in [0.15, 0.2) is 18.2 Å². The Morgan fingerprint density at radius 2 is 2.11 bits per heavy atom. The second-order valence-electron chi connectivity index (χ2n) is 4.42. The minimum absolute atomic E-state index is 0.0966. The largest absolute Gasteiger partial charge is 0.460 e. The summed E-state index contributed by atoms with van der Waals surface area (Å²) in [5.41, 5.74) is 3.26. The van der Waals surface area contributed by atoms with E-state index in [0.717, 1.165) is 11.1 Å². The summed E-state index contributed by atoms with van der Waals surface area (Å²) in [6.45, 7) is 6.13. The zero-order valence-electron chi connectivity index (χ0n) is 11.6. The van der Waals surface area contributed by atoms with E-state index >= 15 is 0 Å². The fraction of sp³-hybridized carbons (Fsp3) is 0.357. The lowest BCUT2D eigenvalue weighted by molar-refractivity contribution is 0.0512. The van der Waals surface area contributed by atoms with Gasteiger partial charge in [0.1, 0.15) is 0 Å². The van der Waals surface area contributed by atoms with Gasteiger partial charge in [0.2, 0.25) is 0 Å². The molecule has 0 atom stereocenters. The number of hydrogen-bond acceptors (Lipinski definition) is 4. The Hall–Kier alpha value is -2.17.